The summed E-state index contributed by atoms with van der Waals surface area (Å²) in [5.74, 6) is 1.38. The first kappa shape index (κ1) is 23.4. The number of aromatic nitrogens is 2. The minimum Gasteiger partial charge on any atom is -0.496 e. The second kappa shape index (κ2) is 9.62. The Hall–Kier alpha value is -3.75. The topological polar surface area (TPSA) is 99.8 Å². The minimum absolute atomic E-state index is 0.118. The van der Waals surface area contributed by atoms with E-state index in [2.05, 4.69) is 55.8 Å². The van der Waals surface area contributed by atoms with E-state index in [1.165, 1.54) is 7.11 Å². The van der Waals surface area contributed by atoms with E-state index >= 15 is 0 Å². The van der Waals surface area contributed by atoms with Gasteiger partial charge in [0.25, 0.3) is 5.56 Å². The lowest BCUT2D eigenvalue weighted by Gasteiger charge is -2.37. The number of amides is 1. The van der Waals surface area contributed by atoms with Crippen molar-refractivity contribution in [2.45, 2.75) is 19.3 Å². The lowest BCUT2D eigenvalue weighted by atomic mass is 9.83. The van der Waals surface area contributed by atoms with E-state index < -0.39 is 6.09 Å². The van der Waals surface area contributed by atoms with Crippen LogP contribution >= 0.6 is 0 Å². The fourth-order valence-corrected chi connectivity index (χ4v) is 4.30. The number of para-hydroxylation sites is 1. The van der Waals surface area contributed by atoms with Crippen LogP contribution in [0.25, 0.3) is 10.9 Å². The lowest BCUT2D eigenvalue weighted by Crippen LogP contribution is -2.47. The van der Waals surface area contributed by atoms with Crippen molar-refractivity contribution < 1.29 is 14.3 Å². The molecular formula is C25H31N5O4. The number of carbonyl (C=O) groups is 1. The number of nitrogens with zero attached hydrogens (tertiary/aromatic N) is 3. The molecule has 1 aliphatic heterocycles. The number of H-pyrrole nitrogens is 1. The maximum absolute atomic E-state index is 12.4. The molecule has 1 aliphatic rings. The number of fused-ring (bicyclic) bond motifs is 1. The standard InChI is InChI=1S/C25H31N5O4/c1-25(2,16-26-24(32)34-4)19-10-9-17(15-21(19)33-3)29-11-13-30(14-12-29)23-27-20-8-6-5-7-18(20)22(31)28-23/h5-10,15H,11-14,16H2,1-4H3,(H,26,32)(H,27,28,31). The van der Waals surface area contributed by atoms with Gasteiger partial charge in [0, 0.05) is 55.5 Å². The maximum atomic E-state index is 12.4. The largest absolute Gasteiger partial charge is 0.496 e. The normalized spacial score (nSPS) is 14.2. The van der Waals surface area contributed by atoms with Crippen molar-refractivity contribution in [3.05, 3.63) is 58.4 Å². The van der Waals surface area contributed by atoms with E-state index in [9.17, 15) is 9.59 Å². The monoisotopic (exact) mass is 465 g/mol. The Morgan fingerprint density at radius 2 is 1.79 bits per heavy atom. The molecule has 9 heteroatoms. The molecule has 0 bridgehead atoms. The number of carbonyl (C=O) groups excluding carboxylic acids is 1. The molecule has 0 aliphatic carbocycles. The first-order valence-corrected chi connectivity index (χ1v) is 11.3. The van der Waals surface area contributed by atoms with Crippen LogP contribution in [0.4, 0.5) is 16.4 Å². The number of hydrogen-bond donors (Lipinski definition) is 2. The number of benzene rings is 2. The molecule has 9 nitrogen and oxygen atoms in total. The summed E-state index contributed by atoms with van der Waals surface area (Å²) in [5.41, 5.74) is 2.31. The molecule has 0 atom stereocenters. The Bertz CT molecular complexity index is 1230. The van der Waals surface area contributed by atoms with Crippen LogP contribution in [0.1, 0.15) is 19.4 Å². The van der Waals surface area contributed by atoms with Crippen LogP contribution in [-0.4, -0.2) is 63.0 Å². The smallest absolute Gasteiger partial charge is 0.406 e. The van der Waals surface area contributed by atoms with Gasteiger partial charge >= 0.3 is 6.09 Å². The van der Waals surface area contributed by atoms with Gasteiger partial charge in [-0.05, 0) is 18.2 Å². The molecule has 34 heavy (non-hydrogen) atoms. The van der Waals surface area contributed by atoms with Crippen molar-refractivity contribution in [3.8, 4) is 5.75 Å². The molecule has 2 N–H and O–H groups in total. The van der Waals surface area contributed by atoms with E-state index in [1.807, 2.05) is 24.3 Å². The average molecular weight is 466 g/mol. The van der Waals surface area contributed by atoms with Gasteiger partial charge in [-0.15, -0.1) is 0 Å². The molecule has 3 aromatic rings. The number of anilines is 2. The molecule has 1 aromatic heterocycles. The van der Waals surface area contributed by atoms with Gasteiger partial charge in [-0.25, -0.2) is 9.78 Å². The third-order valence-electron chi connectivity index (χ3n) is 6.32. The minimum atomic E-state index is -0.455. The number of hydrogen-bond acceptors (Lipinski definition) is 7. The molecule has 4 rings (SSSR count). The molecule has 1 amide bonds. The highest BCUT2D eigenvalue weighted by molar-refractivity contribution is 5.78. The van der Waals surface area contributed by atoms with Crippen LogP contribution in [0, 0.1) is 0 Å². The summed E-state index contributed by atoms with van der Waals surface area (Å²) in [6, 6.07) is 13.6. The quantitative estimate of drug-likeness (QED) is 0.577. The molecule has 0 saturated carbocycles. The van der Waals surface area contributed by atoms with Gasteiger partial charge in [0.05, 0.1) is 25.1 Å². The average Bonchev–Trinajstić information content (AvgIpc) is 2.87. The van der Waals surface area contributed by atoms with Crippen LogP contribution in [0.5, 0.6) is 5.75 Å². The van der Waals surface area contributed by atoms with Gasteiger partial charge in [-0.3, -0.25) is 9.78 Å². The van der Waals surface area contributed by atoms with E-state index in [1.54, 1.807) is 13.2 Å². The second-order valence-electron chi connectivity index (χ2n) is 8.99. The Morgan fingerprint density at radius 3 is 2.50 bits per heavy atom. The van der Waals surface area contributed by atoms with Crippen molar-refractivity contribution in [1.29, 1.82) is 0 Å². The molecule has 180 valence electrons. The van der Waals surface area contributed by atoms with Crippen molar-refractivity contribution in [3.63, 3.8) is 0 Å². The molecule has 1 fully saturated rings. The van der Waals surface area contributed by atoms with E-state index in [0.717, 1.165) is 43.2 Å². The number of piperazine rings is 1. The first-order valence-electron chi connectivity index (χ1n) is 11.3. The summed E-state index contributed by atoms with van der Waals surface area (Å²) >= 11 is 0. The molecule has 2 aromatic carbocycles. The summed E-state index contributed by atoms with van der Waals surface area (Å²) in [6.45, 7) is 7.57. The molecule has 2 heterocycles. The third kappa shape index (κ3) is 4.78. The van der Waals surface area contributed by atoms with Crippen LogP contribution in [0.3, 0.4) is 0 Å². The van der Waals surface area contributed by atoms with E-state index in [4.69, 9.17) is 4.74 Å². The van der Waals surface area contributed by atoms with Crippen molar-refractivity contribution in [2.24, 2.45) is 0 Å². The van der Waals surface area contributed by atoms with Crippen molar-refractivity contribution >= 4 is 28.6 Å². The highest BCUT2D eigenvalue weighted by Crippen LogP contribution is 2.35. The zero-order chi connectivity index (χ0) is 24.3. The Balaban J connectivity index is 1.47. The molecular weight excluding hydrogens is 434 g/mol. The van der Waals surface area contributed by atoms with Crippen LogP contribution < -0.4 is 25.4 Å². The molecule has 0 radical (unpaired) electrons. The molecule has 0 spiro atoms. The van der Waals surface area contributed by atoms with Gasteiger partial charge in [0.2, 0.25) is 5.95 Å². The second-order valence-corrected chi connectivity index (χ2v) is 8.99. The number of ether oxygens (including phenoxy) is 2. The zero-order valence-corrected chi connectivity index (χ0v) is 20.1. The zero-order valence-electron chi connectivity index (χ0n) is 20.1. The summed E-state index contributed by atoms with van der Waals surface area (Å²) in [4.78, 5) is 35.9. The summed E-state index contributed by atoms with van der Waals surface area (Å²) in [7, 11) is 3.01. The number of aromatic amines is 1. The van der Waals surface area contributed by atoms with Gasteiger partial charge in [-0.2, -0.15) is 0 Å². The maximum Gasteiger partial charge on any atom is 0.406 e. The predicted octanol–water partition coefficient (Wildman–Crippen LogP) is 2.89. The van der Waals surface area contributed by atoms with Crippen molar-refractivity contribution in [1.82, 2.24) is 15.3 Å². The van der Waals surface area contributed by atoms with Crippen LogP contribution in [-0.2, 0) is 10.2 Å². The number of nitrogens with one attached hydrogen (secondary N) is 2. The molecule has 1 saturated heterocycles. The summed E-state index contributed by atoms with van der Waals surface area (Å²) in [6.07, 6.45) is -0.455. The highest BCUT2D eigenvalue weighted by atomic mass is 16.5. The third-order valence-corrected chi connectivity index (χ3v) is 6.32. The SMILES string of the molecule is COC(=O)NCC(C)(C)c1ccc(N2CCN(c3nc4ccccc4c(=O)[nH]3)CC2)cc1OC. The Kier molecular flexibility index (Phi) is 6.63. The van der Waals surface area contributed by atoms with Crippen LogP contribution in [0.2, 0.25) is 0 Å². The fourth-order valence-electron chi connectivity index (χ4n) is 4.30. The Labute approximate surface area is 198 Å². The van der Waals surface area contributed by atoms with Gasteiger partial charge < -0.3 is 24.6 Å². The number of methoxy groups -OCH3 is 2. The number of alkyl carbamates (subject to hydrolysis) is 1. The summed E-state index contributed by atoms with van der Waals surface area (Å²) in [5, 5.41) is 3.37. The van der Waals surface area contributed by atoms with E-state index in [0.29, 0.717) is 23.4 Å². The van der Waals surface area contributed by atoms with Gasteiger partial charge in [-0.1, -0.05) is 32.0 Å². The molecule has 0 unspecified atom stereocenters. The van der Waals surface area contributed by atoms with E-state index in [-0.39, 0.29) is 11.0 Å². The fraction of sp³-hybridized carbons (Fsp3) is 0.400. The number of rotatable bonds is 6. The predicted molar refractivity (Wildman–Crippen MR) is 133 cm³/mol. The lowest BCUT2D eigenvalue weighted by molar-refractivity contribution is 0.168. The van der Waals surface area contributed by atoms with Gasteiger partial charge in [0.15, 0.2) is 0 Å². The summed E-state index contributed by atoms with van der Waals surface area (Å²) < 4.78 is 10.4. The van der Waals surface area contributed by atoms with Gasteiger partial charge in [0.1, 0.15) is 5.75 Å². The van der Waals surface area contributed by atoms with Crippen molar-refractivity contribution in [2.75, 3.05) is 56.7 Å². The van der Waals surface area contributed by atoms with Crippen LogP contribution in [0.15, 0.2) is 47.3 Å². The Morgan fingerprint density at radius 1 is 1.09 bits per heavy atom. The first-order chi connectivity index (χ1) is 16.3. The highest BCUT2D eigenvalue weighted by Gasteiger charge is 2.27.